The predicted octanol–water partition coefficient (Wildman–Crippen LogP) is 6.71. The Labute approximate surface area is 234 Å². The van der Waals surface area contributed by atoms with Gasteiger partial charge >= 0.3 is 6.03 Å². The summed E-state index contributed by atoms with van der Waals surface area (Å²) in [4.78, 5) is 39.1. The first kappa shape index (κ1) is 26.3. The van der Waals surface area contributed by atoms with Crippen molar-refractivity contribution in [3.8, 4) is 11.5 Å². The van der Waals surface area contributed by atoms with Gasteiger partial charge in [-0.2, -0.15) is 0 Å². The molecule has 0 bridgehead atoms. The van der Waals surface area contributed by atoms with Crippen LogP contribution in [0.25, 0.3) is 16.8 Å². The molecule has 9 heteroatoms. The van der Waals surface area contributed by atoms with Crippen molar-refractivity contribution in [3.05, 3.63) is 105 Å². The fourth-order valence-electron chi connectivity index (χ4n) is 4.39. The molecule has 39 heavy (non-hydrogen) atoms. The zero-order valence-corrected chi connectivity index (χ0v) is 22.5. The highest BCUT2D eigenvalue weighted by atomic mass is 35.5. The molecule has 0 unspecified atom stereocenters. The highest BCUT2D eigenvalue weighted by Crippen LogP contribution is 2.38. The molecule has 4 amide bonds. The molecular weight excluding hydrogens is 539 g/mol. The van der Waals surface area contributed by atoms with E-state index in [1.165, 1.54) is 25.3 Å². The van der Waals surface area contributed by atoms with Crippen LogP contribution in [-0.2, 0) is 16.2 Å². The van der Waals surface area contributed by atoms with Crippen molar-refractivity contribution in [2.24, 2.45) is 0 Å². The average Bonchev–Trinajstić information content (AvgIpc) is 2.92. The normalized spacial score (nSPS) is 14.6. The topological polar surface area (TPSA) is 84.9 Å². The van der Waals surface area contributed by atoms with Gasteiger partial charge in [-0.05, 0) is 71.3 Å². The largest absolute Gasteiger partial charge is 0.493 e. The Morgan fingerprint density at radius 2 is 1.69 bits per heavy atom. The van der Waals surface area contributed by atoms with Crippen LogP contribution in [0.3, 0.4) is 0 Å². The lowest BCUT2D eigenvalue weighted by molar-refractivity contribution is -0.122. The fourth-order valence-corrected chi connectivity index (χ4v) is 4.79. The average molecular weight is 561 g/mol. The minimum absolute atomic E-state index is 0.230. The van der Waals surface area contributed by atoms with Gasteiger partial charge in [0.15, 0.2) is 11.5 Å². The molecule has 0 aromatic heterocycles. The van der Waals surface area contributed by atoms with E-state index >= 15 is 0 Å². The number of urea groups is 1. The summed E-state index contributed by atoms with van der Waals surface area (Å²) in [6, 6.07) is 20.6. The number of ether oxygens (including phenoxy) is 2. The summed E-state index contributed by atoms with van der Waals surface area (Å²) in [6.45, 7) is 2.27. The molecule has 5 rings (SSSR count). The Kier molecular flexibility index (Phi) is 7.28. The number of methoxy groups -OCH3 is 1. The third kappa shape index (κ3) is 5.19. The lowest BCUT2D eigenvalue weighted by Crippen LogP contribution is -2.54. The quantitative estimate of drug-likeness (QED) is 0.209. The second-order valence-corrected chi connectivity index (χ2v) is 9.68. The molecule has 1 aliphatic heterocycles. The van der Waals surface area contributed by atoms with Crippen LogP contribution >= 0.6 is 23.2 Å². The van der Waals surface area contributed by atoms with Gasteiger partial charge in [-0.25, -0.2) is 9.69 Å². The summed E-state index contributed by atoms with van der Waals surface area (Å²) >= 11 is 12.5. The van der Waals surface area contributed by atoms with E-state index in [9.17, 15) is 14.4 Å². The number of nitrogens with zero attached hydrogens (tertiary/aromatic N) is 1. The molecule has 7 nitrogen and oxygen atoms in total. The van der Waals surface area contributed by atoms with E-state index < -0.39 is 17.8 Å². The monoisotopic (exact) mass is 560 g/mol. The molecule has 1 N–H and O–H groups in total. The van der Waals surface area contributed by atoms with Gasteiger partial charge in [-0.1, -0.05) is 59.6 Å². The number of benzene rings is 4. The first-order chi connectivity index (χ1) is 18.8. The zero-order valence-electron chi connectivity index (χ0n) is 21.0. The summed E-state index contributed by atoms with van der Waals surface area (Å²) in [5.74, 6) is -0.961. The lowest BCUT2D eigenvalue weighted by Gasteiger charge is -2.26. The van der Waals surface area contributed by atoms with E-state index in [1.807, 2.05) is 37.3 Å². The van der Waals surface area contributed by atoms with Gasteiger partial charge in [0.1, 0.15) is 12.2 Å². The number of anilines is 1. The molecule has 4 aromatic rings. The molecule has 0 saturated carbocycles. The number of hydrogen-bond acceptors (Lipinski definition) is 5. The van der Waals surface area contributed by atoms with Crippen molar-refractivity contribution >= 4 is 63.6 Å². The third-order valence-corrected chi connectivity index (χ3v) is 6.92. The molecule has 1 fully saturated rings. The lowest BCUT2D eigenvalue weighted by atomic mass is 10.0. The molecule has 0 aliphatic carbocycles. The SMILES string of the molecule is COc1cc(/C=C2\C(=O)NC(=O)N(c3ccc(Cl)cc3)C2=O)cc(Cl)c1OCc1c(C)ccc2ccccc12. The van der Waals surface area contributed by atoms with E-state index in [0.29, 0.717) is 22.1 Å². The number of rotatable bonds is 6. The molecule has 0 radical (unpaired) electrons. The van der Waals surface area contributed by atoms with Crippen molar-refractivity contribution in [2.75, 3.05) is 12.0 Å². The maximum atomic E-state index is 13.2. The van der Waals surface area contributed by atoms with Crippen LogP contribution in [0.2, 0.25) is 10.0 Å². The van der Waals surface area contributed by atoms with Crippen LogP contribution in [0.15, 0.2) is 78.4 Å². The van der Waals surface area contributed by atoms with E-state index in [-0.39, 0.29) is 22.9 Å². The minimum atomic E-state index is -0.854. The number of nitrogens with one attached hydrogen (secondary N) is 1. The van der Waals surface area contributed by atoms with Crippen LogP contribution in [0, 0.1) is 6.92 Å². The third-order valence-electron chi connectivity index (χ3n) is 6.38. The first-order valence-electron chi connectivity index (χ1n) is 11.9. The number of imide groups is 2. The second kappa shape index (κ2) is 10.8. The summed E-state index contributed by atoms with van der Waals surface area (Å²) < 4.78 is 11.7. The van der Waals surface area contributed by atoms with Gasteiger partial charge in [0, 0.05) is 10.6 Å². The molecule has 1 aliphatic rings. The Morgan fingerprint density at radius 3 is 2.44 bits per heavy atom. The van der Waals surface area contributed by atoms with Crippen molar-refractivity contribution in [1.29, 1.82) is 0 Å². The highest BCUT2D eigenvalue weighted by molar-refractivity contribution is 6.39. The summed E-state index contributed by atoms with van der Waals surface area (Å²) in [5, 5.41) is 5.04. The molecule has 0 atom stereocenters. The number of hydrogen-bond donors (Lipinski definition) is 1. The number of aryl methyl sites for hydroxylation is 1. The number of halogens is 2. The number of carbonyl (C=O) groups excluding carboxylic acids is 3. The second-order valence-electron chi connectivity index (χ2n) is 8.84. The molecule has 1 heterocycles. The van der Waals surface area contributed by atoms with Gasteiger partial charge in [-0.3, -0.25) is 14.9 Å². The van der Waals surface area contributed by atoms with Crippen LogP contribution < -0.4 is 19.7 Å². The van der Waals surface area contributed by atoms with Crippen LogP contribution in [0.4, 0.5) is 10.5 Å². The zero-order chi connectivity index (χ0) is 27.7. The molecule has 0 spiro atoms. The standard InChI is InChI=1S/C30H22Cl2N2O5/c1-17-7-8-19-5-3-4-6-22(19)24(17)16-39-27-25(32)14-18(15-26(27)38-2)13-23-28(35)33-30(37)34(29(23)36)21-11-9-20(31)10-12-21/h3-15H,16H2,1-2H3,(H,33,35,37)/b23-13+. The number of barbiturate groups is 1. The van der Waals surface area contributed by atoms with Crippen LogP contribution in [0.5, 0.6) is 11.5 Å². The summed E-state index contributed by atoms with van der Waals surface area (Å²) in [7, 11) is 1.47. The highest BCUT2D eigenvalue weighted by Gasteiger charge is 2.36. The Hall–Kier alpha value is -4.33. The molecular formula is C30H22Cl2N2O5. The first-order valence-corrected chi connectivity index (χ1v) is 12.7. The predicted molar refractivity (Wildman–Crippen MR) is 151 cm³/mol. The number of fused-ring (bicyclic) bond motifs is 1. The van der Waals surface area contributed by atoms with Crippen molar-refractivity contribution in [3.63, 3.8) is 0 Å². The summed E-state index contributed by atoms with van der Waals surface area (Å²) in [5.41, 5.74) is 2.53. The smallest absolute Gasteiger partial charge is 0.335 e. The minimum Gasteiger partial charge on any atom is -0.493 e. The molecule has 1 saturated heterocycles. The van der Waals surface area contributed by atoms with E-state index in [2.05, 4.69) is 11.4 Å². The van der Waals surface area contributed by atoms with Gasteiger partial charge in [0.25, 0.3) is 11.8 Å². The fraction of sp³-hybridized carbons (Fsp3) is 0.100. The Balaban J connectivity index is 1.45. The number of carbonyl (C=O) groups is 3. The molecule has 4 aromatic carbocycles. The van der Waals surface area contributed by atoms with Crippen molar-refractivity contribution in [1.82, 2.24) is 5.32 Å². The van der Waals surface area contributed by atoms with Crippen molar-refractivity contribution in [2.45, 2.75) is 13.5 Å². The van der Waals surface area contributed by atoms with Gasteiger partial charge in [0.2, 0.25) is 0 Å². The van der Waals surface area contributed by atoms with Crippen molar-refractivity contribution < 1.29 is 23.9 Å². The van der Waals surface area contributed by atoms with Gasteiger partial charge in [-0.15, -0.1) is 0 Å². The van der Waals surface area contributed by atoms with Gasteiger partial charge in [0.05, 0.1) is 17.8 Å². The number of amides is 4. The maximum Gasteiger partial charge on any atom is 0.335 e. The Morgan fingerprint density at radius 1 is 0.949 bits per heavy atom. The van der Waals surface area contributed by atoms with Gasteiger partial charge < -0.3 is 9.47 Å². The Bertz CT molecular complexity index is 1660. The maximum absolute atomic E-state index is 13.2. The molecule has 196 valence electrons. The van der Waals surface area contributed by atoms with E-state index in [4.69, 9.17) is 32.7 Å². The van der Waals surface area contributed by atoms with E-state index in [0.717, 1.165) is 26.8 Å². The van der Waals surface area contributed by atoms with Crippen LogP contribution in [0.1, 0.15) is 16.7 Å². The van der Waals surface area contributed by atoms with E-state index in [1.54, 1.807) is 24.3 Å². The van der Waals surface area contributed by atoms with Crippen LogP contribution in [-0.4, -0.2) is 25.0 Å². The summed E-state index contributed by atoms with van der Waals surface area (Å²) in [6.07, 6.45) is 1.35.